The summed E-state index contributed by atoms with van der Waals surface area (Å²) in [6, 6.07) is 11.8. The van der Waals surface area contributed by atoms with Gasteiger partial charge in [-0.2, -0.15) is 0 Å². The smallest absolute Gasteiger partial charge is 0.262 e. The highest BCUT2D eigenvalue weighted by atomic mass is 35.5. The van der Waals surface area contributed by atoms with Gasteiger partial charge in [-0.05, 0) is 47.7 Å². The molecule has 0 aliphatic heterocycles. The predicted octanol–water partition coefficient (Wildman–Crippen LogP) is 3.20. The number of hydrogen-bond acceptors (Lipinski definition) is 4. The fourth-order valence-corrected chi connectivity index (χ4v) is 3.90. The molecule has 0 spiro atoms. The van der Waals surface area contributed by atoms with Crippen molar-refractivity contribution in [3.05, 3.63) is 59.2 Å². The van der Waals surface area contributed by atoms with E-state index in [9.17, 15) is 13.2 Å². The lowest BCUT2D eigenvalue weighted by Gasteiger charge is -2.21. The Labute approximate surface area is 173 Å². The van der Waals surface area contributed by atoms with Crippen molar-refractivity contribution in [1.29, 1.82) is 0 Å². The molecule has 28 heavy (non-hydrogen) atoms. The van der Waals surface area contributed by atoms with Crippen molar-refractivity contribution in [3.8, 4) is 0 Å². The van der Waals surface area contributed by atoms with E-state index >= 15 is 0 Å². The average Bonchev–Trinajstić information content (AvgIpc) is 2.58. The normalized spacial score (nSPS) is 11.5. The van der Waals surface area contributed by atoms with Crippen LogP contribution in [0.3, 0.4) is 0 Å². The number of benzene rings is 2. The lowest BCUT2D eigenvalue weighted by Crippen LogP contribution is -2.29. The topological polar surface area (TPSA) is 101 Å². The molecule has 0 fully saturated rings. The monoisotopic (exact) mass is 425 g/mol. The molecule has 0 saturated heterocycles. The summed E-state index contributed by atoms with van der Waals surface area (Å²) in [5.74, 6) is -0.299. The first-order chi connectivity index (χ1) is 12.5. The van der Waals surface area contributed by atoms with E-state index in [4.69, 9.17) is 5.73 Å². The van der Waals surface area contributed by atoms with Crippen LogP contribution in [0.15, 0.2) is 47.4 Å². The quantitative estimate of drug-likeness (QED) is 0.661. The third-order valence-corrected chi connectivity index (χ3v) is 5.67. The van der Waals surface area contributed by atoms with Crippen LogP contribution in [0.5, 0.6) is 0 Å². The second kappa shape index (κ2) is 9.41. The summed E-state index contributed by atoms with van der Waals surface area (Å²) in [4.78, 5) is 12.3. The summed E-state index contributed by atoms with van der Waals surface area (Å²) in [6.07, 6.45) is 0. The van der Waals surface area contributed by atoms with Crippen molar-refractivity contribution >= 4 is 34.0 Å². The highest BCUT2D eigenvalue weighted by molar-refractivity contribution is 7.92. The summed E-state index contributed by atoms with van der Waals surface area (Å²) in [5.41, 5.74) is 7.50. The number of nitrogens with two attached hydrogens (primary N) is 1. The van der Waals surface area contributed by atoms with Crippen LogP contribution < -0.4 is 15.8 Å². The van der Waals surface area contributed by atoms with E-state index in [1.165, 1.54) is 6.07 Å². The van der Waals surface area contributed by atoms with Crippen LogP contribution in [0.1, 0.15) is 42.3 Å². The van der Waals surface area contributed by atoms with E-state index in [0.717, 1.165) is 5.56 Å². The number of halogens is 1. The molecule has 0 unspecified atom stereocenters. The number of nitrogens with one attached hydrogen (secondary N) is 2. The number of amides is 1. The number of carbonyl (C=O) groups is 1. The van der Waals surface area contributed by atoms with Crippen LogP contribution in [-0.2, 0) is 15.4 Å². The maximum Gasteiger partial charge on any atom is 0.262 e. The molecule has 0 atom stereocenters. The largest absolute Gasteiger partial charge is 0.351 e. The average molecular weight is 426 g/mol. The Kier molecular flexibility index (Phi) is 8.05. The highest BCUT2D eigenvalue weighted by Crippen LogP contribution is 2.28. The van der Waals surface area contributed by atoms with Crippen molar-refractivity contribution in [2.75, 3.05) is 17.8 Å². The summed E-state index contributed by atoms with van der Waals surface area (Å²) >= 11 is 0. The van der Waals surface area contributed by atoms with E-state index in [-0.39, 0.29) is 28.6 Å². The molecular formula is C20H28ClN3O3S. The maximum atomic E-state index is 12.9. The molecule has 0 saturated carbocycles. The predicted molar refractivity (Wildman–Crippen MR) is 116 cm³/mol. The standard InChI is InChI=1S/C20H27N3O3S.ClH/c1-14-8-9-16(20(2,3)4)13-18(14)27(25,26)23-17-7-5-6-15(12-17)19(24)22-11-10-21;/h5-9,12-13,23H,10-11,21H2,1-4H3,(H,22,24);1H. The van der Waals surface area contributed by atoms with Crippen molar-refractivity contribution in [3.63, 3.8) is 0 Å². The van der Waals surface area contributed by atoms with Crippen LogP contribution in [0, 0.1) is 6.92 Å². The van der Waals surface area contributed by atoms with Gasteiger partial charge in [-0.3, -0.25) is 9.52 Å². The molecule has 2 rings (SSSR count). The molecule has 2 aromatic carbocycles. The Morgan fingerprint density at radius 2 is 1.79 bits per heavy atom. The van der Waals surface area contributed by atoms with Crippen LogP contribution in [0.4, 0.5) is 5.69 Å². The fraction of sp³-hybridized carbons (Fsp3) is 0.350. The molecule has 8 heteroatoms. The minimum absolute atomic E-state index is 0. The Balaban J connectivity index is 0.00000392. The Morgan fingerprint density at radius 3 is 2.39 bits per heavy atom. The second-order valence-electron chi connectivity index (χ2n) is 7.46. The number of carbonyl (C=O) groups excluding carboxylic acids is 1. The van der Waals surface area contributed by atoms with Gasteiger partial charge in [-0.15, -0.1) is 12.4 Å². The van der Waals surface area contributed by atoms with Crippen LogP contribution >= 0.6 is 12.4 Å². The first-order valence-electron chi connectivity index (χ1n) is 8.77. The van der Waals surface area contributed by atoms with Crippen molar-refractivity contribution in [2.24, 2.45) is 5.73 Å². The Bertz CT molecular complexity index is 938. The Morgan fingerprint density at radius 1 is 1.11 bits per heavy atom. The number of rotatable bonds is 6. The van der Waals surface area contributed by atoms with Crippen LogP contribution in [0.2, 0.25) is 0 Å². The molecule has 0 bridgehead atoms. The number of hydrogen-bond donors (Lipinski definition) is 3. The third-order valence-electron chi connectivity index (χ3n) is 4.15. The van der Waals surface area contributed by atoms with Gasteiger partial charge in [0.1, 0.15) is 0 Å². The van der Waals surface area contributed by atoms with E-state index in [2.05, 4.69) is 10.0 Å². The lowest BCUT2D eigenvalue weighted by molar-refractivity contribution is 0.0954. The van der Waals surface area contributed by atoms with Gasteiger partial charge in [-0.1, -0.05) is 39.0 Å². The molecular weight excluding hydrogens is 398 g/mol. The van der Waals surface area contributed by atoms with Crippen LogP contribution in [0.25, 0.3) is 0 Å². The van der Waals surface area contributed by atoms with E-state index in [1.807, 2.05) is 32.9 Å². The summed E-state index contributed by atoms with van der Waals surface area (Å²) < 4.78 is 28.4. The van der Waals surface area contributed by atoms with Gasteiger partial charge in [0.25, 0.3) is 15.9 Å². The van der Waals surface area contributed by atoms with Crippen molar-refractivity contribution in [2.45, 2.75) is 38.0 Å². The zero-order valence-electron chi connectivity index (χ0n) is 16.6. The molecule has 0 radical (unpaired) electrons. The second-order valence-corrected chi connectivity index (χ2v) is 9.11. The zero-order chi connectivity index (χ0) is 20.2. The number of sulfonamides is 1. The molecule has 154 valence electrons. The highest BCUT2D eigenvalue weighted by Gasteiger charge is 2.22. The van der Waals surface area contributed by atoms with Crippen molar-refractivity contribution in [1.82, 2.24) is 5.32 Å². The minimum atomic E-state index is -3.79. The van der Waals surface area contributed by atoms with Gasteiger partial charge < -0.3 is 11.1 Å². The number of aryl methyl sites for hydroxylation is 1. The summed E-state index contributed by atoms with van der Waals surface area (Å²) in [5, 5.41) is 2.66. The lowest BCUT2D eigenvalue weighted by atomic mass is 9.87. The third kappa shape index (κ3) is 5.95. The van der Waals surface area contributed by atoms with Gasteiger partial charge in [0, 0.05) is 24.3 Å². The first kappa shape index (κ1) is 23.9. The van der Waals surface area contributed by atoms with Gasteiger partial charge >= 0.3 is 0 Å². The minimum Gasteiger partial charge on any atom is -0.351 e. The maximum absolute atomic E-state index is 12.9. The number of anilines is 1. The molecule has 0 aliphatic carbocycles. The molecule has 0 aromatic heterocycles. The summed E-state index contributed by atoms with van der Waals surface area (Å²) in [6.45, 7) is 8.55. The SMILES string of the molecule is Cc1ccc(C(C)(C)C)cc1S(=O)(=O)Nc1cccc(C(=O)NCCN)c1.Cl. The Hall–Kier alpha value is -2.09. The molecule has 1 amide bonds. The summed E-state index contributed by atoms with van der Waals surface area (Å²) in [7, 11) is -3.79. The fourth-order valence-electron chi connectivity index (χ4n) is 2.58. The van der Waals surface area contributed by atoms with Crippen molar-refractivity contribution < 1.29 is 13.2 Å². The van der Waals surface area contributed by atoms with Gasteiger partial charge in [0.05, 0.1) is 4.90 Å². The van der Waals surface area contributed by atoms with Crippen LogP contribution in [-0.4, -0.2) is 27.4 Å². The van der Waals surface area contributed by atoms with E-state index < -0.39 is 10.0 Å². The zero-order valence-corrected chi connectivity index (χ0v) is 18.2. The molecule has 0 aliphatic rings. The molecule has 2 aromatic rings. The molecule has 0 heterocycles. The first-order valence-corrected chi connectivity index (χ1v) is 10.3. The van der Waals surface area contributed by atoms with E-state index in [0.29, 0.717) is 29.9 Å². The van der Waals surface area contributed by atoms with E-state index in [1.54, 1.807) is 31.2 Å². The van der Waals surface area contributed by atoms with Gasteiger partial charge in [-0.25, -0.2) is 8.42 Å². The van der Waals surface area contributed by atoms with Gasteiger partial charge in [0.2, 0.25) is 0 Å². The molecule has 4 N–H and O–H groups in total. The molecule has 6 nitrogen and oxygen atoms in total. The van der Waals surface area contributed by atoms with Gasteiger partial charge in [0.15, 0.2) is 0 Å².